The van der Waals surface area contributed by atoms with Crippen molar-refractivity contribution in [2.75, 3.05) is 5.32 Å². The molecule has 134 valence electrons. The van der Waals surface area contributed by atoms with E-state index in [0.29, 0.717) is 17.3 Å². The van der Waals surface area contributed by atoms with Crippen molar-refractivity contribution in [3.05, 3.63) is 46.2 Å². The van der Waals surface area contributed by atoms with Crippen LogP contribution in [0.5, 0.6) is 0 Å². The lowest BCUT2D eigenvalue weighted by molar-refractivity contribution is 0.101. The average molecular weight is 386 g/mol. The number of hydrogen-bond acceptors (Lipinski definition) is 3. The first kappa shape index (κ1) is 18.2. The Labute approximate surface area is 154 Å². The minimum absolute atomic E-state index is 0.183. The molecule has 0 saturated carbocycles. The van der Waals surface area contributed by atoms with Gasteiger partial charge in [-0.3, -0.25) is 9.52 Å². The Morgan fingerprint density at radius 1 is 1.32 bits per heavy atom. The number of fused-ring (bicyclic) bond motifs is 1. The van der Waals surface area contributed by atoms with Crippen LogP contribution in [0.4, 0.5) is 14.5 Å². The van der Waals surface area contributed by atoms with Crippen LogP contribution in [-0.4, -0.2) is 16.5 Å². The molecule has 0 saturated heterocycles. The van der Waals surface area contributed by atoms with Gasteiger partial charge < -0.3 is 9.88 Å². The second kappa shape index (κ2) is 7.35. The van der Waals surface area contributed by atoms with Gasteiger partial charge in [0.1, 0.15) is 5.69 Å². The SMILES string of the molecule is CC(C)NSc1c(Cl)c(C(=O)Nc2ccc(F)c(F)c2)n2c1CCC2. The summed E-state index contributed by atoms with van der Waals surface area (Å²) in [7, 11) is 0. The number of aromatic nitrogens is 1. The summed E-state index contributed by atoms with van der Waals surface area (Å²) in [5.41, 5.74) is 1.56. The molecular formula is C17H18ClF2N3OS. The van der Waals surface area contributed by atoms with Gasteiger partial charge in [0.05, 0.1) is 9.92 Å². The molecule has 0 atom stereocenters. The number of amides is 1. The molecule has 0 aliphatic carbocycles. The Balaban J connectivity index is 1.89. The van der Waals surface area contributed by atoms with Crippen LogP contribution in [0.25, 0.3) is 0 Å². The number of halogens is 3. The number of anilines is 1. The molecule has 25 heavy (non-hydrogen) atoms. The normalized spacial score (nSPS) is 13.4. The Hall–Kier alpha value is -1.57. The van der Waals surface area contributed by atoms with Gasteiger partial charge in [-0.1, -0.05) is 11.6 Å². The van der Waals surface area contributed by atoms with Crippen LogP contribution >= 0.6 is 23.5 Å². The van der Waals surface area contributed by atoms with E-state index in [1.807, 2.05) is 18.4 Å². The summed E-state index contributed by atoms with van der Waals surface area (Å²) in [6, 6.07) is 3.50. The van der Waals surface area contributed by atoms with Crippen LogP contribution in [0.2, 0.25) is 5.02 Å². The molecule has 0 radical (unpaired) electrons. The molecule has 1 aromatic heterocycles. The number of carbonyl (C=O) groups excluding carboxylic acids is 1. The van der Waals surface area contributed by atoms with Crippen molar-refractivity contribution in [1.82, 2.24) is 9.29 Å². The van der Waals surface area contributed by atoms with E-state index >= 15 is 0 Å². The summed E-state index contributed by atoms with van der Waals surface area (Å²) >= 11 is 7.89. The number of carbonyl (C=O) groups is 1. The highest BCUT2D eigenvalue weighted by Gasteiger charge is 2.29. The van der Waals surface area contributed by atoms with Crippen molar-refractivity contribution >= 4 is 35.1 Å². The first-order chi connectivity index (χ1) is 11.9. The van der Waals surface area contributed by atoms with Gasteiger partial charge in [-0.25, -0.2) is 8.78 Å². The molecule has 1 aliphatic rings. The van der Waals surface area contributed by atoms with Crippen molar-refractivity contribution < 1.29 is 13.6 Å². The predicted octanol–water partition coefficient (Wildman–Crippen LogP) is 4.62. The molecule has 0 fully saturated rings. The van der Waals surface area contributed by atoms with E-state index in [-0.39, 0.29) is 11.7 Å². The Morgan fingerprint density at radius 3 is 2.76 bits per heavy atom. The summed E-state index contributed by atoms with van der Waals surface area (Å²) in [5, 5.41) is 2.98. The van der Waals surface area contributed by atoms with Crippen LogP contribution in [-0.2, 0) is 13.0 Å². The van der Waals surface area contributed by atoms with Crippen molar-refractivity contribution in [3.8, 4) is 0 Å². The topological polar surface area (TPSA) is 46.1 Å². The van der Waals surface area contributed by atoms with Gasteiger partial charge in [-0.05, 0) is 50.8 Å². The van der Waals surface area contributed by atoms with Crippen LogP contribution < -0.4 is 10.0 Å². The quantitative estimate of drug-likeness (QED) is 0.738. The highest BCUT2D eigenvalue weighted by molar-refractivity contribution is 7.97. The van der Waals surface area contributed by atoms with Crippen molar-refractivity contribution in [1.29, 1.82) is 0 Å². The van der Waals surface area contributed by atoms with Crippen LogP contribution in [0.1, 0.15) is 36.5 Å². The van der Waals surface area contributed by atoms with Gasteiger partial charge in [-0.2, -0.15) is 0 Å². The Kier molecular flexibility index (Phi) is 5.36. The second-order valence-corrected chi connectivity index (χ2v) is 7.38. The maximum absolute atomic E-state index is 13.3. The third kappa shape index (κ3) is 3.68. The molecule has 8 heteroatoms. The first-order valence-corrected chi connectivity index (χ1v) is 9.17. The lowest BCUT2D eigenvalue weighted by Gasteiger charge is -2.09. The Bertz CT molecular complexity index is 823. The minimum Gasteiger partial charge on any atom is -0.338 e. The molecule has 2 aromatic rings. The average Bonchev–Trinajstić information content (AvgIpc) is 3.09. The number of benzene rings is 1. The molecule has 1 amide bonds. The Morgan fingerprint density at radius 2 is 2.08 bits per heavy atom. The summed E-state index contributed by atoms with van der Waals surface area (Å²) in [6.45, 7) is 4.75. The largest absolute Gasteiger partial charge is 0.338 e. The van der Waals surface area contributed by atoms with Crippen LogP contribution in [0.15, 0.2) is 23.1 Å². The standard InChI is InChI=1S/C17H18ClF2N3OS/c1-9(2)22-25-16-13-4-3-7-23(13)15(14(16)18)17(24)21-10-5-6-11(19)12(20)8-10/h5-6,8-9,22H,3-4,7H2,1-2H3,(H,21,24). The zero-order valence-electron chi connectivity index (χ0n) is 13.8. The molecule has 2 heterocycles. The molecule has 1 aliphatic heterocycles. The van der Waals surface area contributed by atoms with E-state index in [4.69, 9.17) is 11.6 Å². The molecule has 2 N–H and O–H groups in total. The molecule has 1 aromatic carbocycles. The fraction of sp³-hybridized carbons (Fsp3) is 0.353. The number of nitrogens with zero attached hydrogens (tertiary/aromatic N) is 1. The van der Waals surface area contributed by atoms with Crippen molar-refractivity contribution in [3.63, 3.8) is 0 Å². The van der Waals surface area contributed by atoms with Crippen LogP contribution in [0.3, 0.4) is 0 Å². The number of hydrogen-bond donors (Lipinski definition) is 2. The predicted molar refractivity (Wildman–Crippen MR) is 96.2 cm³/mol. The van der Waals surface area contributed by atoms with E-state index < -0.39 is 17.5 Å². The minimum atomic E-state index is -1.01. The molecule has 0 spiro atoms. The molecule has 0 unspecified atom stereocenters. The maximum atomic E-state index is 13.3. The van der Waals surface area contributed by atoms with E-state index in [2.05, 4.69) is 10.0 Å². The summed E-state index contributed by atoms with van der Waals surface area (Å²) in [6.07, 6.45) is 1.79. The molecule has 3 rings (SSSR count). The lowest BCUT2D eigenvalue weighted by atomic mass is 10.2. The van der Waals surface area contributed by atoms with E-state index in [1.165, 1.54) is 18.0 Å². The highest BCUT2D eigenvalue weighted by atomic mass is 35.5. The molecule has 4 nitrogen and oxygen atoms in total. The zero-order chi connectivity index (χ0) is 18.1. The van der Waals surface area contributed by atoms with Crippen LogP contribution in [0, 0.1) is 11.6 Å². The fourth-order valence-electron chi connectivity index (χ4n) is 2.78. The van der Waals surface area contributed by atoms with Gasteiger partial charge in [0.15, 0.2) is 11.6 Å². The first-order valence-electron chi connectivity index (χ1n) is 7.98. The summed E-state index contributed by atoms with van der Waals surface area (Å²) in [4.78, 5) is 13.5. The number of nitrogens with one attached hydrogen (secondary N) is 2. The molecule has 0 bridgehead atoms. The lowest BCUT2D eigenvalue weighted by Crippen LogP contribution is -2.17. The molecular weight excluding hydrogens is 368 g/mol. The van der Waals surface area contributed by atoms with E-state index in [0.717, 1.165) is 35.6 Å². The summed E-state index contributed by atoms with van der Waals surface area (Å²) < 4.78 is 31.5. The third-order valence-corrected chi connectivity index (χ3v) is 5.56. The zero-order valence-corrected chi connectivity index (χ0v) is 15.4. The van der Waals surface area contributed by atoms with Gasteiger partial charge in [-0.15, -0.1) is 0 Å². The van der Waals surface area contributed by atoms with Gasteiger partial charge in [0, 0.05) is 30.0 Å². The highest BCUT2D eigenvalue weighted by Crippen LogP contribution is 2.39. The van der Waals surface area contributed by atoms with Gasteiger partial charge >= 0.3 is 0 Å². The smallest absolute Gasteiger partial charge is 0.273 e. The summed E-state index contributed by atoms with van der Waals surface area (Å²) in [5.74, 6) is -2.41. The second-order valence-electron chi connectivity index (χ2n) is 6.15. The van der Waals surface area contributed by atoms with Crippen molar-refractivity contribution in [2.45, 2.75) is 44.2 Å². The number of rotatable bonds is 5. The van der Waals surface area contributed by atoms with Gasteiger partial charge in [0.2, 0.25) is 0 Å². The van der Waals surface area contributed by atoms with E-state index in [1.54, 1.807) is 0 Å². The van der Waals surface area contributed by atoms with Crippen molar-refractivity contribution in [2.24, 2.45) is 0 Å². The maximum Gasteiger partial charge on any atom is 0.273 e. The monoisotopic (exact) mass is 385 g/mol. The third-order valence-electron chi connectivity index (χ3n) is 3.85. The van der Waals surface area contributed by atoms with E-state index in [9.17, 15) is 13.6 Å². The van der Waals surface area contributed by atoms with Gasteiger partial charge in [0.25, 0.3) is 5.91 Å². The fourth-order valence-corrected chi connectivity index (χ4v) is 4.06.